The second-order valence-corrected chi connectivity index (χ2v) is 12.0. The van der Waals surface area contributed by atoms with E-state index in [1.807, 2.05) is 6.92 Å². The van der Waals surface area contributed by atoms with Gasteiger partial charge in [-0.25, -0.2) is 4.39 Å². The van der Waals surface area contributed by atoms with E-state index in [0.29, 0.717) is 31.4 Å². The first-order valence-electron chi connectivity index (χ1n) is 12.8. The molecule has 6 nitrogen and oxygen atoms in total. The predicted molar refractivity (Wildman–Crippen MR) is 138 cm³/mol. The van der Waals surface area contributed by atoms with Crippen LogP contribution in [0.4, 0.5) is 17.6 Å². The number of ketones is 1. The number of benzene rings is 1. The molecule has 0 aliphatic heterocycles. The predicted octanol–water partition coefficient (Wildman–Crippen LogP) is 6.87. The molecule has 0 radical (unpaired) electrons. The Balaban J connectivity index is 1.61. The van der Waals surface area contributed by atoms with E-state index in [2.05, 4.69) is 5.10 Å². The lowest BCUT2D eigenvalue weighted by Gasteiger charge is -2.36. The van der Waals surface area contributed by atoms with Gasteiger partial charge < -0.3 is 10.0 Å². The Labute approximate surface area is 234 Å². The van der Waals surface area contributed by atoms with Crippen molar-refractivity contribution in [3.63, 3.8) is 0 Å². The van der Waals surface area contributed by atoms with E-state index in [0.717, 1.165) is 11.0 Å². The Bertz CT molecular complexity index is 1270. The van der Waals surface area contributed by atoms with E-state index >= 15 is 0 Å². The molecule has 2 saturated carbocycles. The summed E-state index contributed by atoms with van der Waals surface area (Å²) in [4.78, 5) is 26.7. The molecule has 1 aromatic carbocycles. The molecule has 1 aromatic heterocycles. The molecule has 2 aliphatic rings. The van der Waals surface area contributed by atoms with Gasteiger partial charge in [0.05, 0.1) is 40.9 Å². The molecule has 1 atom stereocenters. The Kier molecular flexibility index (Phi) is 8.15. The largest absolute Gasteiger partial charge is 0.396 e. The van der Waals surface area contributed by atoms with Gasteiger partial charge in [0, 0.05) is 28.2 Å². The number of carbonyl (C=O) groups is 2. The maximum absolute atomic E-state index is 14.1. The fourth-order valence-corrected chi connectivity index (χ4v) is 6.05. The Morgan fingerprint density at radius 3 is 2.36 bits per heavy atom. The van der Waals surface area contributed by atoms with Crippen LogP contribution in [0.15, 0.2) is 18.3 Å². The second-order valence-electron chi connectivity index (χ2n) is 11.2. The Morgan fingerprint density at radius 2 is 1.82 bits per heavy atom. The lowest BCUT2D eigenvalue weighted by molar-refractivity contribution is -0.190. The highest BCUT2D eigenvalue weighted by molar-refractivity contribution is 6.36. The number of aliphatic hydroxyl groups is 1. The summed E-state index contributed by atoms with van der Waals surface area (Å²) < 4.78 is 57.4. The quantitative estimate of drug-likeness (QED) is 0.268. The highest BCUT2D eigenvalue weighted by atomic mass is 35.5. The van der Waals surface area contributed by atoms with E-state index < -0.39 is 52.9 Å². The summed E-state index contributed by atoms with van der Waals surface area (Å²) in [6.45, 7) is 3.93. The smallest absolute Gasteiger partial charge is 0.386 e. The third kappa shape index (κ3) is 5.70. The lowest BCUT2D eigenvalue weighted by atomic mass is 9.71. The van der Waals surface area contributed by atoms with Crippen molar-refractivity contribution in [3.05, 3.63) is 51.0 Å². The van der Waals surface area contributed by atoms with Gasteiger partial charge in [-0.05, 0) is 64.5 Å². The minimum absolute atomic E-state index is 0.0622. The van der Waals surface area contributed by atoms with Crippen LogP contribution in [0, 0.1) is 23.6 Å². The van der Waals surface area contributed by atoms with E-state index in [9.17, 15) is 32.3 Å². The van der Waals surface area contributed by atoms with Crippen LogP contribution in [-0.2, 0) is 4.79 Å². The van der Waals surface area contributed by atoms with Gasteiger partial charge in [0.1, 0.15) is 11.6 Å². The first-order valence-corrected chi connectivity index (χ1v) is 13.6. The molecule has 1 N–H and O–H groups in total. The number of Topliss-reactive ketones (excluding diaryl/α,β-unsaturated/α-hetero) is 1. The van der Waals surface area contributed by atoms with Crippen molar-refractivity contribution in [1.29, 1.82) is 0 Å². The lowest BCUT2D eigenvalue weighted by Crippen LogP contribution is -2.43. The molecule has 214 valence electrons. The van der Waals surface area contributed by atoms with Gasteiger partial charge in [0.25, 0.3) is 5.91 Å². The Hall–Kier alpha value is -2.17. The van der Waals surface area contributed by atoms with E-state index in [4.69, 9.17) is 23.2 Å². The number of amides is 1. The summed E-state index contributed by atoms with van der Waals surface area (Å²) in [7, 11) is 0. The van der Waals surface area contributed by atoms with E-state index in [1.165, 1.54) is 12.3 Å². The molecule has 1 unspecified atom stereocenters. The van der Waals surface area contributed by atoms with Crippen molar-refractivity contribution >= 4 is 34.9 Å². The molecule has 1 amide bonds. The summed E-state index contributed by atoms with van der Waals surface area (Å²) in [5.41, 5.74) is -2.09. The van der Waals surface area contributed by atoms with Crippen molar-refractivity contribution in [2.24, 2.45) is 10.8 Å². The molecule has 0 bridgehead atoms. The zero-order chi connectivity index (χ0) is 28.9. The van der Waals surface area contributed by atoms with Gasteiger partial charge in [-0.2, -0.15) is 18.3 Å². The summed E-state index contributed by atoms with van der Waals surface area (Å²) >= 11 is 12.1. The third-order valence-corrected chi connectivity index (χ3v) is 9.28. The van der Waals surface area contributed by atoms with Crippen molar-refractivity contribution in [2.75, 3.05) is 13.1 Å². The minimum Gasteiger partial charge on any atom is -0.386 e. The van der Waals surface area contributed by atoms with Crippen molar-refractivity contribution in [3.8, 4) is 0 Å². The molecule has 39 heavy (non-hydrogen) atoms. The number of aromatic nitrogens is 2. The highest BCUT2D eigenvalue weighted by Crippen LogP contribution is 2.58. The number of halogens is 6. The van der Waals surface area contributed by atoms with Gasteiger partial charge in [-0.1, -0.05) is 30.1 Å². The summed E-state index contributed by atoms with van der Waals surface area (Å²) in [6.07, 6.45) is -2.48. The molecule has 2 aromatic rings. The first-order chi connectivity index (χ1) is 18.1. The molecule has 4 rings (SSSR count). The van der Waals surface area contributed by atoms with Crippen molar-refractivity contribution < 1.29 is 32.3 Å². The molecule has 2 fully saturated rings. The zero-order valence-electron chi connectivity index (χ0n) is 21.9. The monoisotopic (exact) mass is 591 g/mol. The second kappa shape index (κ2) is 10.7. The number of rotatable bonds is 8. The summed E-state index contributed by atoms with van der Waals surface area (Å²) in [5, 5.41) is 14.8. The molecular formula is C27H31Cl2F4N3O3. The molecule has 1 heterocycles. The van der Waals surface area contributed by atoms with Gasteiger partial charge in [-0.3, -0.25) is 14.3 Å². The number of carbonyl (C=O) groups excluding carboxylic acids is 2. The topological polar surface area (TPSA) is 75.4 Å². The van der Waals surface area contributed by atoms with E-state index in [1.54, 1.807) is 18.5 Å². The number of hydrogen-bond donors (Lipinski definition) is 1. The molecule has 12 heteroatoms. The van der Waals surface area contributed by atoms with Crippen LogP contribution >= 0.6 is 23.2 Å². The van der Waals surface area contributed by atoms with Gasteiger partial charge in [-0.15, -0.1) is 0 Å². The molecule has 0 spiro atoms. The number of nitrogens with zero attached hydrogens (tertiary/aromatic N) is 3. The maximum Gasteiger partial charge on any atom is 0.396 e. The molecule has 0 saturated heterocycles. The average molecular weight is 592 g/mol. The van der Waals surface area contributed by atoms with Gasteiger partial charge in [0.2, 0.25) is 0 Å². The van der Waals surface area contributed by atoms with Crippen LogP contribution in [0.5, 0.6) is 0 Å². The minimum atomic E-state index is -4.55. The molecular weight excluding hydrogens is 561 g/mol. The SMILES string of the molecule is Cc1c(C(=O)N(CC(O)c2c(Cl)ccc(F)c2Cl)CC2(C(F)(F)F)CC2)cnn1[C@H]1CC[C@](C)(C(C)=O)CC1. The normalized spacial score (nSPS) is 23.4. The van der Waals surface area contributed by atoms with Gasteiger partial charge >= 0.3 is 6.18 Å². The standard InChI is InChI=1S/C27H31Cl2F4N3O3/c1-15-18(12-34-36(15)17-6-8-25(3,9-7-17)16(2)37)24(39)35(14-26(10-11-26)27(31,32)33)13-21(38)22-19(28)4-5-20(30)23(22)29/h4-5,12,17,21,38H,6-11,13-14H2,1-3H3/t17-,21?,25-. The third-order valence-electron chi connectivity index (χ3n) is 8.57. The Morgan fingerprint density at radius 1 is 1.21 bits per heavy atom. The number of hydrogen-bond acceptors (Lipinski definition) is 4. The van der Waals surface area contributed by atoms with Crippen LogP contribution in [0.25, 0.3) is 0 Å². The highest BCUT2D eigenvalue weighted by Gasteiger charge is 2.64. The summed E-state index contributed by atoms with van der Waals surface area (Å²) in [6, 6.07) is 2.13. The number of alkyl halides is 3. The van der Waals surface area contributed by atoms with Crippen LogP contribution < -0.4 is 0 Å². The fourth-order valence-electron chi connectivity index (χ4n) is 5.42. The van der Waals surface area contributed by atoms with E-state index in [-0.39, 0.29) is 40.8 Å². The number of aliphatic hydroxyl groups excluding tert-OH is 1. The maximum atomic E-state index is 14.1. The first kappa shape index (κ1) is 29.8. The van der Waals surface area contributed by atoms with Crippen LogP contribution in [0.1, 0.15) is 86.1 Å². The zero-order valence-corrected chi connectivity index (χ0v) is 23.4. The molecule has 2 aliphatic carbocycles. The van der Waals surface area contributed by atoms with Crippen LogP contribution in [0.2, 0.25) is 10.0 Å². The van der Waals surface area contributed by atoms with Crippen LogP contribution in [-0.4, -0.2) is 50.7 Å². The van der Waals surface area contributed by atoms with Crippen molar-refractivity contribution in [1.82, 2.24) is 14.7 Å². The van der Waals surface area contributed by atoms with Gasteiger partial charge in [0.15, 0.2) is 0 Å². The summed E-state index contributed by atoms with van der Waals surface area (Å²) in [5.74, 6) is -1.46. The average Bonchev–Trinajstić information content (AvgIpc) is 3.56. The fraction of sp³-hybridized carbons (Fsp3) is 0.593. The van der Waals surface area contributed by atoms with Crippen LogP contribution in [0.3, 0.4) is 0 Å². The van der Waals surface area contributed by atoms with Crippen molar-refractivity contribution in [2.45, 2.75) is 77.6 Å².